The van der Waals surface area contributed by atoms with Crippen molar-refractivity contribution in [2.75, 3.05) is 7.11 Å². The first kappa shape index (κ1) is 13.5. The van der Waals surface area contributed by atoms with Gasteiger partial charge in [0.1, 0.15) is 5.38 Å². The SMILES string of the molecule is COC(=O)C(=O)C(Cl)c1cc(Br)ccc1Cl. The van der Waals surface area contributed by atoms with Gasteiger partial charge in [-0.15, -0.1) is 11.6 Å². The molecule has 0 amide bonds. The maximum absolute atomic E-state index is 11.5. The molecule has 1 aromatic carbocycles. The lowest BCUT2D eigenvalue weighted by molar-refractivity contribution is -0.151. The highest BCUT2D eigenvalue weighted by Crippen LogP contribution is 2.31. The highest BCUT2D eigenvalue weighted by molar-refractivity contribution is 9.10. The van der Waals surface area contributed by atoms with Crippen molar-refractivity contribution in [1.29, 1.82) is 0 Å². The van der Waals surface area contributed by atoms with Crippen LogP contribution in [0.25, 0.3) is 0 Å². The van der Waals surface area contributed by atoms with Gasteiger partial charge in [0.25, 0.3) is 5.78 Å². The first-order chi connectivity index (χ1) is 7.47. The van der Waals surface area contributed by atoms with E-state index in [1.807, 2.05) is 0 Å². The number of carbonyl (C=O) groups is 2. The van der Waals surface area contributed by atoms with E-state index >= 15 is 0 Å². The molecular weight excluding hydrogens is 319 g/mol. The van der Waals surface area contributed by atoms with Crippen molar-refractivity contribution in [3.05, 3.63) is 33.3 Å². The summed E-state index contributed by atoms with van der Waals surface area (Å²) in [5.74, 6) is -1.83. The topological polar surface area (TPSA) is 43.4 Å². The van der Waals surface area contributed by atoms with Crippen molar-refractivity contribution in [3.63, 3.8) is 0 Å². The summed E-state index contributed by atoms with van der Waals surface area (Å²) >= 11 is 14.9. The predicted octanol–water partition coefficient (Wildman–Crippen LogP) is 3.12. The van der Waals surface area contributed by atoms with Gasteiger partial charge in [0.05, 0.1) is 7.11 Å². The molecule has 0 saturated heterocycles. The number of alkyl halides is 1. The minimum Gasteiger partial charge on any atom is -0.463 e. The average Bonchev–Trinajstić information content (AvgIpc) is 2.29. The van der Waals surface area contributed by atoms with E-state index in [1.165, 1.54) is 0 Å². The number of esters is 1. The van der Waals surface area contributed by atoms with Gasteiger partial charge >= 0.3 is 5.97 Å². The summed E-state index contributed by atoms with van der Waals surface area (Å²) in [6.45, 7) is 0. The smallest absolute Gasteiger partial charge is 0.376 e. The Balaban J connectivity index is 3.04. The van der Waals surface area contributed by atoms with Gasteiger partial charge in [-0.2, -0.15) is 0 Å². The number of benzene rings is 1. The Morgan fingerprint density at radius 1 is 1.44 bits per heavy atom. The van der Waals surface area contributed by atoms with Gasteiger partial charge in [0.15, 0.2) is 0 Å². The number of rotatable bonds is 3. The molecule has 0 heterocycles. The van der Waals surface area contributed by atoms with Crippen molar-refractivity contribution in [1.82, 2.24) is 0 Å². The van der Waals surface area contributed by atoms with Crippen LogP contribution in [0.2, 0.25) is 5.02 Å². The fraction of sp³-hybridized carbons (Fsp3) is 0.200. The summed E-state index contributed by atoms with van der Waals surface area (Å²) in [5, 5.41) is -0.821. The summed E-state index contributed by atoms with van der Waals surface area (Å²) in [4.78, 5) is 22.5. The van der Waals surface area contributed by atoms with Crippen LogP contribution in [0, 0.1) is 0 Å². The molecule has 6 heteroatoms. The van der Waals surface area contributed by atoms with Gasteiger partial charge in [-0.25, -0.2) is 4.79 Å². The Bertz CT molecular complexity index is 434. The second kappa shape index (κ2) is 5.66. The maximum atomic E-state index is 11.5. The van der Waals surface area contributed by atoms with Crippen LogP contribution in [0.5, 0.6) is 0 Å². The zero-order valence-corrected chi connectivity index (χ0v) is 11.3. The Morgan fingerprint density at radius 2 is 2.06 bits per heavy atom. The molecule has 0 fully saturated rings. The van der Waals surface area contributed by atoms with Crippen LogP contribution in [0.4, 0.5) is 0 Å². The van der Waals surface area contributed by atoms with Crippen molar-refractivity contribution < 1.29 is 14.3 Å². The van der Waals surface area contributed by atoms with E-state index in [9.17, 15) is 9.59 Å². The van der Waals surface area contributed by atoms with E-state index in [1.54, 1.807) is 18.2 Å². The fourth-order valence-corrected chi connectivity index (χ4v) is 1.99. The van der Waals surface area contributed by atoms with E-state index < -0.39 is 17.1 Å². The van der Waals surface area contributed by atoms with E-state index in [-0.39, 0.29) is 0 Å². The van der Waals surface area contributed by atoms with Gasteiger partial charge in [0.2, 0.25) is 0 Å². The Hall–Kier alpha value is -0.580. The lowest BCUT2D eigenvalue weighted by atomic mass is 10.1. The first-order valence-electron chi connectivity index (χ1n) is 4.18. The van der Waals surface area contributed by atoms with Crippen molar-refractivity contribution in [2.24, 2.45) is 0 Å². The first-order valence-corrected chi connectivity index (χ1v) is 5.79. The van der Waals surface area contributed by atoms with Gasteiger partial charge in [-0.05, 0) is 23.8 Å². The molecule has 86 valence electrons. The molecule has 3 nitrogen and oxygen atoms in total. The van der Waals surface area contributed by atoms with E-state index in [0.29, 0.717) is 10.6 Å². The van der Waals surface area contributed by atoms with Crippen LogP contribution in [0.15, 0.2) is 22.7 Å². The maximum Gasteiger partial charge on any atom is 0.376 e. The molecule has 0 spiro atoms. The van der Waals surface area contributed by atoms with Gasteiger partial charge < -0.3 is 4.74 Å². The third kappa shape index (κ3) is 2.97. The number of hydrogen-bond acceptors (Lipinski definition) is 3. The van der Waals surface area contributed by atoms with E-state index in [0.717, 1.165) is 11.6 Å². The molecule has 0 N–H and O–H groups in total. The third-order valence-corrected chi connectivity index (χ3v) is 3.12. The number of hydrogen-bond donors (Lipinski definition) is 0. The minimum atomic E-state index is -1.14. The van der Waals surface area contributed by atoms with Crippen molar-refractivity contribution in [3.8, 4) is 0 Å². The Labute approximate surface area is 111 Å². The van der Waals surface area contributed by atoms with Crippen molar-refractivity contribution >= 4 is 50.9 Å². The molecule has 0 saturated carbocycles. The fourth-order valence-electron chi connectivity index (χ4n) is 1.05. The summed E-state index contributed by atoms with van der Waals surface area (Å²) in [7, 11) is 1.12. The highest BCUT2D eigenvalue weighted by atomic mass is 79.9. The summed E-state index contributed by atoms with van der Waals surface area (Å²) in [6.07, 6.45) is 0. The van der Waals surface area contributed by atoms with Gasteiger partial charge in [-0.1, -0.05) is 27.5 Å². The second-order valence-electron chi connectivity index (χ2n) is 2.88. The molecule has 0 radical (unpaired) electrons. The number of methoxy groups -OCH3 is 1. The zero-order chi connectivity index (χ0) is 12.3. The quantitative estimate of drug-likeness (QED) is 0.487. The van der Waals surface area contributed by atoms with Gasteiger partial charge in [-0.3, -0.25) is 4.79 Å². The molecule has 1 aromatic rings. The predicted molar refractivity (Wildman–Crippen MR) is 64.8 cm³/mol. The van der Waals surface area contributed by atoms with Gasteiger partial charge in [0, 0.05) is 9.50 Å². The standard InChI is InChI=1S/C10H7BrCl2O3/c1-16-10(15)9(14)8(13)6-4-5(11)2-3-7(6)12/h2-4,8H,1H3. The largest absolute Gasteiger partial charge is 0.463 e. The summed E-state index contributed by atoms with van der Waals surface area (Å²) < 4.78 is 5.01. The third-order valence-electron chi connectivity index (χ3n) is 1.85. The van der Waals surface area contributed by atoms with Crippen LogP contribution in [-0.4, -0.2) is 18.9 Å². The van der Waals surface area contributed by atoms with Crippen LogP contribution in [-0.2, 0) is 14.3 Å². The van der Waals surface area contributed by atoms with E-state index in [4.69, 9.17) is 23.2 Å². The lowest BCUT2D eigenvalue weighted by Gasteiger charge is -2.09. The molecule has 1 atom stereocenters. The summed E-state index contributed by atoms with van der Waals surface area (Å²) in [6, 6.07) is 4.87. The molecule has 0 bridgehead atoms. The minimum absolute atomic E-state index is 0.320. The zero-order valence-electron chi connectivity index (χ0n) is 8.17. The normalized spacial score (nSPS) is 12.0. The number of Topliss-reactive ketones (excluding diaryl/α,β-unsaturated/α-hetero) is 1. The highest BCUT2D eigenvalue weighted by Gasteiger charge is 2.27. The molecule has 0 aliphatic heterocycles. The Kier molecular flexibility index (Phi) is 4.77. The Morgan fingerprint density at radius 3 is 2.62 bits per heavy atom. The molecule has 0 aliphatic carbocycles. The van der Waals surface area contributed by atoms with Crippen LogP contribution < -0.4 is 0 Å². The number of ether oxygens (including phenoxy) is 1. The molecule has 1 rings (SSSR count). The molecule has 0 aromatic heterocycles. The molecule has 16 heavy (non-hydrogen) atoms. The monoisotopic (exact) mass is 324 g/mol. The summed E-state index contributed by atoms with van der Waals surface area (Å²) in [5.41, 5.74) is 0.369. The van der Waals surface area contributed by atoms with E-state index in [2.05, 4.69) is 20.7 Å². The lowest BCUT2D eigenvalue weighted by Crippen LogP contribution is -2.20. The molecule has 0 aliphatic rings. The van der Waals surface area contributed by atoms with Crippen LogP contribution in [0.1, 0.15) is 10.9 Å². The van der Waals surface area contributed by atoms with Crippen LogP contribution >= 0.6 is 39.1 Å². The van der Waals surface area contributed by atoms with Crippen molar-refractivity contribution in [2.45, 2.75) is 5.38 Å². The number of carbonyl (C=O) groups excluding carboxylic acids is 2. The molecular formula is C10H7BrCl2O3. The number of ketones is 1. The number of halogens is 3. The second-order valence-corrected chi connectivity index (χ2v) is 4.64. The van der Waals surface area contributed by atoms with Crippen LogP contribution in [0.3, 0.4) is 0 Å². The molecule has 1 unspecified atom stereocenters. The average molecular weight is 326 g/mol.